The van der Waals surface area contributed by atoms with Gasteiger partial charge in [-0.3, -0.25) is 10.1 Å². The van der Waals surface area contributed by atoms with E-state index in [1.165, 1.54) is 0 Å². The molecule has 0 aromatic heterocycles. The topological polar surface area (TPSA) is 120 Å². The van der Waals surface area contributed by atoms with Crippen LogP contribution in [0.15, 0.2) is 0 Å². The highest BCUT2D eigenvalue weighted by molar-refractivity contribution is 5.92. The Morgan fingerprint density at radius 2 is 1.14 bits per heavy atom. The second kappa shape index (κ2) is 9.75. The summed E-state index contributed by atoms with van der Waals surface area (Å²) >= 11 is 0. The number of esters is 1. The summed E-state index contributed by atoms with van der Waals surface area (Å²) in [7, 11) is 0. The number of hydrogen-bond donors (Lipinski definition) is 2. The molecule has 0 bridgehead atoms. The minimum absolute atomic E-state index is 0.0806. The average molecular weight is 402 g/mol. The van der Waals surface area contributed by atoms with E-state index in [0.717, 1.165) is 0 Å². The first-order valence-electron chi connectivity index (χ1n) is 9.13. The van der Waals surface area contributed by atoms with Crippen LogP contribution in [-0.4, -0.2) is 46.9 Å². The van der Waals surface area contributed by atoms with Crippen LogP contribution in [0, 0.1) is 0 Å². The highest BCUT2D eigenvalue weighted by atomic mass is 16.6. The molecule has 0 aromatic rings. The summed E-state index contributed by atoms with van der Waals surface area (Å²) in [6, 6.07) is -1.11. The Morgan fingerprint density at radius 1 is 0.714 bits per heavy atom. The number of carbonyl (C=O) groups is 4. The van der Waals surface area contributed by atoms with E-state index in [2.05, 4.69) is 10.6 Å². The number of amides is 3. The molecule has 0 rings (SSSR count). The van der Waals surface area contributed by atoms with Gasteiger partial charge in [0, 0.05) is 6.42 Å². The molecule has 162 valence electrons. The van der Waals surface area contributed by atoms with Crippen molar-refractivity contribution in [1.29, 1.82) is 0 Å². The van der Waals surface area contributed by atoms with Gasteiger partial charge in [-0.1, -0.05) is 0 Å². The smallest absolute Gasteiger partial charge is 0.414 e. The van der Waals surface area contributed by atoms with Crippen LogP contribution >= 0.6 is 0 Å². The lowest BCUT2D eigenvalue weighted by Crippen LogP contribution is -2.46. The van der Waals surface area contributed by atoms with E-state index in [1.807, 2.05) is 0 Å². The third-order valence-corrected chi connectivity index (χ3v) is 2.68. The number of nitrogens with one attached hydrogen (secondary N) is 2. The van der Waals surface area contributed by atoms with Gasteiger partial charge >= 0.3 is 18.2 Å². The Balaban J connectivity index is 4.93. The van der Waals surface area contributed by atoms with Crippen molar-refractivity contribution in [1.82, 2.24) is 10.6 Å². The first-order valence-corrected chi connectivity index (χ1v) is 9.13. The van der Waals surface area contributed by atoms with Crippen LogP contribution in [0.5, 0.6) is 0 Å². The minimum Gasteiger partial charge on any atom is -0.458 e. The van der Waals surface area contributed by atoms with E-state index in [0.29, 0.717) is 0 Å². The number of carbonyl (C=O) groups excluding carboxylic acids is 4. The number of ether oxygens (including phenoxy) is 3. The largest absolute Gasteiger partial charge is 0.458 e. The molecule has 0 fully saturated rings. The van der Waals surface area contributed by atoms with E-state index in [4.69, 9.17) is 14.2 Å². The van der Waals surface area contributed by atoms with Gasteiger partial charge in [0.2, 0.25) is 5.91 Å². The molecule has 0 saturated heterocycles. The summed E-state index contributed by atoms with van der Waals surface area (Å²) in [5.74, 6) is -1.35. The van der Waals surface area contributed by atoms with Gasteiger partial charge in [-0.15, -0.1) is 0 Å². The van der Waals surface area contributed by atoms with Crippen molar-refractivity contribution in [3.63, 3.8) is 0 Å². The molecular weight excluding hydrogens is 368 g/mol. The van der Waals surface area contributed by atoms with Gasteiger partial charge in [-0.2, -0.15) is 0 Å². The van der Waals surface area contributed by atoms with Crippen LogP contribution in [-0.2, 0) is 23.8 Å². The lowest BCUT2D eigenvalue weighted by atomic mass is 10.1. The molecule has 28 heavy (non-hydrogen) atoms. The Kier molecular flexibility index (Phi) is 8.94. The van der Waals surface area contributed by atoms with Gasteiger partial charge in [-0.25, -0.2) is 14.4 Å². The lowest BCUT2D eigenvalue weighted by molar-refractivity contribution is -0.157. The van der Waals surface area contributed by atoms with E-state index >= 15 is 0 Å². The fraction of sp³-hybridized carbons (Fsp3) is 0.789. The number of hydrogen-bond acceptors (Lipinski definition) is 7. The molecule has 0 spiro atoms. The van der Waals surface area contributed by atoms with Crippen molar-refractivity contribution >= 4 is 24.1 Å². The van der Waals surface area contributed by atoms with Gasteiger partial charge in [0.05, 0.1) is 0 Å². The number of rotatable bonds is 5. The molecule has 0 unspecified atom stereocenters. The van der Waals surface area contributed by atoms with E-state index in [1.54, 1.807) is 62.3 Å². The predicted octanol–water partition coefficient (Wildman–Crippen LogP) is 3.05. The Labute approximate surface area is 166 Å². The SMILES string of the molecule is CC(C)(C)OC(=O)NC(=O)CC[C@H](NC(=O)OC(C)(C)C)C(=O)OC(C)(C)C. The first-order chi connectivity index (χ1) is 12.4. The Bertz CT molecular complexity index is 581. The van der Waals surface area contributed by atoms with E-state index < -0.39 is 46.9 Å². The average Bonchev–Trinajstić information content (AvgIpc) is 2.36. The lowest BCUT2D eigenvalue weighted by Gasteiger charge is -2.26. The zero-order valence-electron chi connectivity index (χ0n) is 18.3. The fourth-order valence-electron chi connectivity index (χ4n) is 1.83. The molecular formula is C19H34N2O7. The fourth-order valence-corrected chi connectivity index (χ4v) is 1.83. The third kappa shape index (κ3) is 13.8. The molecule has 0 aliphatic heterocycles. The molecule has 0 aliphatic carbocycles. The first kappa shape index (κ1) is 25.7. The van der Waals surface area contributed by atoms with E-state index in [-0.39, 0.29) is 12.8 Å². The van der Waals surface area contributed by atoms with E-state index in [9.17, 15) is 19.2 Å². The molecule has 0 aromatic carbocycles. The summed E-state index contributed by atoms with van der Waals surface area (Å²) in [4.78, 5) is 48.0. The third-order valence-electron chi connectivity index (χ3n) is 2.68. The van der Waals surface area contributed by atoms with Crippen molar-refractivity contribution < 1.29 is 33.4 Å². The van der Waals surface area contributed by atoms with Crippen molar-refractivity contribution in [3.05, 3.63) is 0 Å². The molecule has 9 nitrogen and oxygen atoms in total. The molecule has 3 amide bonds. The Morgan fingerprint density at radius 3 is 1.57 bits per heavy atom. The zero-order valence-corrected chi connectivity index (χ0v) is 18.3. The summed E-state index contributed by atoms with van der Waals surface area (Å²) in [5, 5.41) is 4.49. The van der Waals surface area contributed by atoms with Crippen LogP contribution in [0.1, 0.15) is 75.2 Å². The summed E-state index contributed by atoms with van der Waals surface area (Å²) in [5.41, 5.74) is -2.28. The maximum absolute atomic E-state index is 12.4. The molecule has 0 heterocycles. The molecule has 2 N–H and O–H groups in total. The van der Waals surface area contributed by atoms with Crippen LogP contribution < -0.4 is 10.6 Å². The van der Waals surface area contributed by atoms with Crippen molar-refractivity contribution in [2.75, 3.05) is 0 Å². The van der Waals surface area contributed by atoms with Gasteiger partial charge in [0.15, 0.2) is 0 Å². The summed E-state index contributed by atoms with van der Waals surface area (Å²) in [6.07, 6.45) is -1.98. The van der Waals surface area contributed by atoms with Crippen molar-refractivity contribution in [2.45, 2.75) is 98.0 Å². The maximum Gasteiger partial charge on any atom is 0.414 e. The monoisotopic (exact) mass is 402 g/mol. The highest BCUT2D eigenvalue weighted by Gasteiger charge is 2.29. The van der Waals surface area contributed by atoms with Crippen LogP contribution in [0.4, 0.5) is 9.59 Å². The molecule has 0 aliphatic rings. The van der Waals surface area contributed by atoms with Crippen LogP contribution in [0.2, 0.25) is 0 Å². The molecule has 0 saturated carbocycles. The van der Waals surface area contributed by atoms with Gasteiger partial charge in [0.1, 0.15) is 22.8 Å². The predicted molar refractivity (Wildman–Crippen MR) is 103 cm³/mol. The Hall–Kier alpha value is -2.32. The van der Waals surface area contributed by atoms with Gasteiger partial charge in [-0.05, 0) is 68.7 Å². The quantitative estimate of drug-likeness (QED) is 0.535. The highest BCUT2D eigenvalue weighted by Crippen LogP contribution is 2.13. The number of alkyl carbamates (subject to hydrolysis) is 2. The molecule has 9 heteroatoms. The zero-order chi connectivity index (χ0) is 22.3. The van der Waals surface area contributed by atoms with Gasteiger partial charge in [0.25, 0.3) is 0 Å². The summed E-state index contributed by atoms with van der Waals surface area (Å²) in [6.45, 7) is 15.1. The second-order valence-electron chi connectivity index (χ2n) is 9.32. The second-order valence-corrected chi connectivity index (χ2v) is 9.32. The van der Waals surface area contributed by atoms with Crippen molar-refractivity contribution in [3.8, 4) is 0 Å². The van der Waals surface area contributed by atoms with Crippen LogP contribution in [0.25, 0.3) is 0 Å². The van der Waals surface area contributed by atoms with Crippen molar-refractivity contribution in [2.24, 2.45) is 0 Å². The molecule has 0 radical (unpaired) electrons. The standard InChI is InChI=1S/C19H34N2O7/c1-17(2,3)26-14(23)12(20-15(24)27-18(4,5)6)10-11-13(22)21-16(25)28-19(7,8)9/h12H,10-11H2,1-9H3,(H,20,24)(H,21,22,25)/t12-/m0/s1. The normalized spacial score (nSPS) is 13.2. The molecule has 1 atom stereocenters. The van der Waals surface area contributed by atoms with Gasteiger partial charge < -0.3 is 19.5 Å². The van der Waals surface area contributed by atoms with Crippen LogP contribution in [0.3, 0.4) is 0 Å². The number of imide groups is 1. The summed E-state index contributed by atoms with van der Waals surface area (Å²) < 4.78 is 15.4. The minimum atomic E-state index is -1.11. The maximum atomic E-state index is 12.4.